The summed E-state index contributed by atoms with van der Waals surface area (Å²) in [7, 11) is 2.00. The van der Waals surface area contributed by atoms with Crippen molar-refractivity contribution in [2.45, 2.75) is 13.0 Å². The predicted molar refractivity (Wildman–Crippen MR) is 91.5 cm³/mol. The summed E-state index contributed by atoms with van der Waals surface area (Å²) >= 11 is 3.63. The molecule has 1 aromatic heterocycles. The van der Waals surface area contributed by atoms with Crippen molar-refractivity contribution in [3.63, 3.8) is 0 Å². The number of benzene rings is 2. The second-order valence-electron chi connectivity index (χ2n) is 5.12. The Morgan fingerprint density at radius 2 is 1.81 bits per heavy atom. The molecule has 1 atom stereocenters. The van der Waals surface area contributed by atoms with Crippen LogP contribution in [0, 0.1) is 6.92 Å². The van der Waals surface area contributed by atoms with Gasteiger partial charge in [-0.15, -0.1) is 0 Å². The third-order valence-electron chi connectivity index (χ3n) is 3.94. The van der Waals surface area contributed by atoms with Gasteiger partial charge in [-0.05, 0) is 48.2 Å². The molecule has 0 bridgehead atoms. The molecule has 0 saturated heterocycles. The van der Waals surface area contributed by atoms with Gasteiger partial charge in [-0.2, -0.15) is 0 Å². The lowest BCUT2D eigenvalue weighted by molar-refractivity contribution is 0.692. The van der Waals surface area contributed by atoms with E-state index in [1.54, 1.807) is 0 Å². The van der Waals surface area contributed by atoms with Gasteiger partial charge in [0.1, 0.15) is 0 Å². The summed E-state index contributed by atoms with van der Waals surface area (Å²) in [6.07, 6.45) is 3.78. The number of rotatable bonds is 3. The topological polar surface area (TPSA) is 24.9 Å². The zero-order valence-electron chi connectivity index (χ0n) is 12.1. The smallest absolute Gasteiger partial charge is 0.0583 e. The van der Waals surface area contributed by atoms with Gasteiger partial charge in [-0.3, -0.25) is 4.98 Å². The van der Waals surface area contributed by atoms with Crippen LogP contribution in [0.2, 0.25) is 0 Å². The van der Waals surface area contributed by atoms with Crippen molar-refractivity contribution in [3.8, 4) is 0 Å². The minimum absolute atomic E-state index is 0.149. The highest BCUT2D eigenvalue weighted by atomic mass is 79.9. The van der Waals surface area contributed by atoms with Crippen LogP contribution in [0.3, 0.4) is 0 Å². The molecule has 3 aromatic rings. The molecule has 0 radical (unpaired) electrons. The molecule has 0 fully saturated rings. The van der Waals surface area contributed by atoms with Gasteiger partial charge in [0.25, 0.3) is 0 Å². The summed E-state index contributed by atoms with van der Waals surface area (Å²) in [6, 6.07) is 14.9. The number of nitrogens with zero attached hydrogens (tertiary/aromatic N) is 1. The fourth-order valence-corrected chi connectivity index (χ4v) is 3.19. The van der Waals surface area contributed by atoms with E-state index in [1.165, 1.54) is 27.5 Å². The van der Waals surface area contributed by atoms with Crippen molar-refractivity contribution in [1.29, 1.82) is 0 Å². The molecule has 3 rings (SSSR count). The number of nitrogens with one attached hydrogen (secondary N) is 1. The molecule has 0 aliphatic carbocycles. The van der Waals surface area contributed by atoms with Gasteiger partial charge in [0.2, 0.25) is 0 Å². The number of halogens is 1. The predicted octanol–water partition coefficient (Wildman–Crippen LogP) is 4.61. The van der Waals surface area contributed by atoms with Crippen LogP contribution in [0.4, 0.5) is 0 Å². The first-order valence-corrected chi connectivity index (χ1v) is 7.76. The summed E-state index contributed by atoms with van der Waals surface area (Å²) in [4.78, 5) is 4.29. The van der Waals surface area contributed by atoms with E-state index in [1.807, 2.05) is 19.4 Å². The standard InChI is InChI=1S/C18H17BrN2/c1-12-14(6-4-8-17(12)19)18(20-2)15-7-3-5-13-9-10-21-11-16(13)15/h3-11,18,20H,1-2H3. The van der Waals surface area contributed by atoms with E-state index >= 15 is 0 Å². The Balaban J connectivity index is 2.21. The van der Waals surface area contributed by atoms with Crippen LogP contribution in [0.25, 0.3) is 10.8 Å². The molecule has 1 unspecified atom stereocenters. The molecule has 0 spiro atoms. The Morgan fingerprint density at radius 3 is 2.62 bits per heavy atom. The summed E-state index contributed by atoms with van der Waals surface area (Å²) in [5, 5.41) is 5.86. The van der Waals surface area contributed by atoms with Crippen LogP contribution in [0.1, 0.15) is 22.7 Å². The highest BCUT2D eigenvalue weighted by Gasteiger charge is 2.17. The Labute approximate surface area is 133 Å². The average Bonchev–Trinajstić information content (AvgIpc) is 2.52. The zero-order chi connectivity index (χ0) is 14.8. The lowest BCUT2D eigenvalue weighted by atomic mass is 9.92. The third kappa shape index (κ3) is 2.59. The van der Waals surface area contributed by atoms with Crippen molar-refractivity contribution in [2.24, 2.45) is 0 Å². The first kappa shape index (κ1) is 14.2. The number of hydrogen-bond acceptors (Lipinski definition) is 2. The third-order valence-corrected chi connectivity index (χ3v) is 4.80. The van der Waals surface area contributed by atoms with Crippen LogP contribution >= 0.6 is 15.9 Å². The van der Waals surface area contributed by atoms with E-state index in [2.05, 4.69) is 75.6 Å². The van der Waals surface area contributed by atoms with Crippen LogP contribution in [0.15, 0.2) is 59.3 Å². The molecule has 1 heterocycles. The minimum Gasteiger partial charge on any atom is -0.309 e. The van der Waals surface area contributed by atoms with E-state index < -0.39 is 0 Å². The van der Waals surface area contributed by atoms with Gasteiger partial charge in [0.15, 0.2) is 0 Å². The second kappa shape index (κ2) is 5.96. The maximum absolute atomic E-state index is 4.29. The summed E-state index contributed by atoms with van der Waals surface area (Å²) < 4.78 is 1.14. The Bertz CT molecular complexity index is 778. The number of fused-ring (bicyclic) bond motifs is 1. The highest BCUT2D eigenvalue weighted by molar-refractivity contribution is 9.10. The van der Waals surface area contributed by atoms with Crippen molar-refractivity contribution in [3.05, 3.63) is 76.0 Å². The first-order valence-electron chi connectivity index (χ1n) is 6.97. The summed E-state index contributed by atoms with van der Waals surface area (Å²) in [5.41, 5.74) is 3.80. The highest BCUT2D eigenvalue weighted by Crippen LogP contribution is 2.32. The molecule has 21 heavy (non-hydrogen) atoms. The average molecular weight is 341 g/mol. The lowest BCUT2D eigenvalue weighted by Gasteiger charge is -2.21. The SMILES string of the molecule is CNC(c1cccc(Br)c1C)c1cccc2ccncc12. The van der Waals surface area contributed by atoms with Gasteiger partial charge in [-0.1, -0.05) is 46.3 Å². The Morgan fingerprint density at radius 1 is 1.05 bits per heavy atom. The normalized spacial score (nSPS) is 12.5. The van der Waals surface area contributed by atoms with Gasteiger partial charge in [-0.25, -0.2) is 0 Å². The second-order valence-corrected chi connectivity index (χ2v) is 5.97. The molecule has 0 aliphatic heterocycles. The molecule has 0 saturated carbocycles. The van der Waals surface area contributed by atoms with E-state index in [4.69, 9.17) is 0 Å². The number of aromatic nitrogens is 1. The quantitative estimate of drug-likeness (QED) is 0.752. The van der Waals surface area contributed by atoms with Crippen molar-refractivity contribution >= 4 is 26.7 Å². The number of pyridine rings is 1. The molecule has 0 aliphatic rings. The van der Waals surface area contributed by atoms with Crippen molar-refractivity contribution in [2.75, 3.05) is 7.05 Å². The maximum Gasteiger partial charge on any atom is 0.0583 e. The van der Waals surface area contributed by atoms with Crippen LogP contribution in [-0.2, 0) is 0 Å². The van der Waals surface area contributed by atoms with Gasteiger partial charge in [0, 0.05) is 22.3 Å². The molecule has 0 amide bonds. The minimum atomic E-state index is 0.149. The Hall–Kier alpha value is -1.71. The fraction of sp³-hybridized carbons (Fsp3) is 0.167. The molecule has 1 N–H and O–H groups in total. The van der Waals surface area contributed by atoms with Gasteiger partial charge >= 0.3 is 0 Å². The summed E-state index contributed by atoms with van der Waals surface area (Å²) in [6.45, 7) is 2.15. The summed E-state index contributed by atoms with van der Waals surface area (Å²) in [5.74, 6) is 0. The van der Waals surface area contributed by atoms with Crippen molar-refractivity contribution in [1.82, 2.24) is 10.3 Å². The molecule has 2 aromatic carbocycles. The fourth-order valence-electron chi connectivity index (χ4n) is 2.80. The monoisotopic (exact) mass is 340 g/mol. The molecule has 106 valence electrons. The molecule has 3 heteroatoms. The van der Waals surface area contributed by atoms with Crippen LogP contribution in [-0.4, -0.2) is 12.0 Å². The zero-order valence-corrected chi connectivity index (χ0v) is 13.7. The molecule has 2 nitrogen and oxygen atoms in total. The maximum atomic E-state index is 4.29. The Kier molecular flexibility index (Phi) is 4.04. The van der Waals surface area contributed by atoms with E-state index in [0.29, 0.717) is 0 Å². The van der Waals surface area contributed by atoms with E-state index in [9.17, 15) is 0 Å². The number of hydrogen-bond donors (Lipinski definition) is 1. The largest absolute Gasteiger partial charge is 0.309 e. The van der Waals surface area contributed by atoms with E-state index in [0.717, 1.165) is 4.47 Å². The van der Waals surface area contributed by atoms with Crippen LogP contribution < -0.4 is 5.32 Å². The van der Waals surface area contributed by atoms with Crippen molar-refractivity contribution < 1.29 is 0 Å². The molecular weight excluding hydrogens is 324 g/mol. The molecular formula is C18H17BrN2. The first-order chi connectivity index (χ1) is 10.2. The van der Waals surface area contributed by atoms with Crippen LogP contribution in [0.5, 0.6) is 0 Å². The van der Waals surface area contributed by atoms with E-state index in [-0.39, 0.29) is 6.04 Å². The van der Waals surface area contributed by atoms with Gasteiger partial charge in [0.05, 0.1) is 6.04 Å². The lowest BCUT2D eigenvalue weighted by Crippen LogP contribution is -2.19. The van der Waals surface area contributed by atoms with Gasteiger partial charge < -0.3 is 5.32 Å².